The van der Waals surface area contributed by atoms with Gasteiger partial charge < -0.3 is 9.64 Å². The third-order valence-electron chi connectivity index (χ3n) is 3.92. The van der Waals surface area contributed by atoms with Crippen molar-refractivity contribution in [3.8, 4) is 0 Å². The van der Waals surface area contributed by atoms with E-state index < -0.39 is 0 Å². The number of para-hydroxylation sites is 2. The molecule has 1 aliphatic heterocycles. The highest BCUT2D eigenvalue weighted by atomic mass is 19.1. The van der Waals surface area contributed by atoms with Gasteiger partial charge in [0.15, 0.2) is 0 Å². The normalized spacial score (nSPS) is 21.2. The Balaban J connectivity index is 1.89. The topological polar surface area (TPSA) is 55.6 Å². The zero-order valence-electron chi connectivity index (χ0n) is 12.7. The van der Waals surface area contributed by atoms with Gasteiger partial charge in [0.05, 0.1) is 11.0 Å². The van der Waals surface area contributed by atoms with Crippen molar-refractivity contribution >= 4 is 11.4 Å². The minimum absolute atomic E-state index is 0.0828. The standard InChI is InChI=1S/C17H17FN2O3/c1-12-10-19(15-4-2-3-5-16(15)20(21)22)11-17(23-12)13-6-8-14(18)9-7-13/h2-9,12,17H,10-11H2,1H3. The van der Waals surface area contributed by atoms with Crippen LogP contribution in [0.4, 0.5) is 15.8 Å². The zero-order valence-corrected chi connectivity index (χ0v) is 12.7. The summed E-state index contributed by atoms with van der Waals surface area (Å²) in [5.74, 6) is -0.298. The average Bonchev–Trinajstić information content (AvgIpc) is 2.55. The first kappa shape index (κ1) is 15.4. The summed E-state index contributed by atoms with van der Waals surface area (Å²) in [4.78, 5) is 12.8. The molecule has 2 unspecified atom stereocenters. The molecule has 0 bridgehead atoms. The molecule has 2 aromatic rings. The molecule has 1 fully saturated rings. The number of rotatable bonds is 3. The number of hydrogen-bond acceptors (Lipinski definition) is 4. The van der Waals surface area contributed by atoms with Crippen LogP contribution in [-0.4, -0.2) is 24.1 Å². The van der Waals surface area contributed by atoms with E-state index in [1.54, 1.807) is 30.3 Å². The molecule has 120 valence electrons. The van der Waals surface area contributed by atoms with E-state index in [9.17, 15) is 14.5 Å². The molecular weight excluding hydrogens is 299 g/mol. The highest BCUT2D eigenvalue weighted by Crippen LogP contribution is 2.33. The second-order valence-electron chi connectivity index (χ2n) is 5.64. The lowest BCUT2D eigenvalue weighted by molar-refractivity contribution is -0.384. The first-order valence-corrected chi connectivity index (χ1v) is 7.44. The smallest absolute Gasteiger partial charge is 0.292 e. The molecule has 23 heavy (non-hydrogen) atoms. The largest absolute Gasteiger partial charge is 0.367 e. The Labute approximate surface area is 133 Å². The molecule has 1 aliphatic rings. The number of nitro benzene ring substituents is 1. The molecule has 0 saturated carbocycles. The molecule has 0 amide bonds. The predicted octanol–water partition coefficient (Wildman–Crippen LogP) is 3.70. The Bertz CT molecular complexity index is 705. The number of anilines is 1. The van der Waals surface area contributed by atoms with Gasteiger partial charge in [0, 0.05) is 19.2 Å². The molecule has 0 radical (unpaired) electrons. The molecule has 2 aromatic carbocycles. The fourth-order valence-corrected chi connectivity index (χ4v) is 2.90. The van der Waals surface area contributed by atoms with Crippen LogP contribution in [-0.2, 0) is 4.74 Å². The van der Waals surface area contributed by atoms with Crippen molar-refractivity contribution in [2.75, 3.05) is 18.0 Å². The van der Waals surface area contributed by atoms with Crippen molar-refractivity contribution < 1.29 is 14.1 Å². The van der Waals surface area contributed by atoms with Gasteiger partial charge in [-0.1, -0.05) is 24.3 Å². The molecule has 0 N–H and O–H groups in total. The number of halogens is 1. The zero-order chi connectivity index (χ0) is 16.4. The number of nitrogens with zero attached hydrogens (tertiary/aromatic N) is 2. The van der Waals surface area contributed by atoms with Gasteiger partial charge in [-0.3, -0.25) is 10.1 Å². The Hall–Kier alpha value is -2.47. The molecular formula is C17H17FN2O3. The quantitative estimate of drug-likeness (QED) is 0.640. The second kappa shape index (κ2) is 6.34. The van der Waals surface area contributed by atoms with Crippen LogP contribution in [0.25, 0.3) is 0 Å². The van der Waals surface area contributed by atoms with E-state index in [-0.39, 0.29) is 28.6 Å². The van der Waals surface area contributed by atoms with E-state index in [4.69, 9.17) is 4.74 Å². The second-order valence-corrected chi connectivity index (χ2v) is 5.64. The number of nitro groups is 1. The van der Waals surface area contributed by atoms with Gasteiger partial charge in [-0.15, -0.1) is 0 Å². The van der Waals surface area contributed by atoms with Crippen molar-refractivity contribution in [2.45, 2.75) is 19.1 Å². The third-order valence-corrected chi connectivity index (χ3v) is 3.92. The van der Waals surface area contributed by atoms with Crippen LogP contribution in [0.5, 0.6) is 0 Å². The maximum absolute atomic E-state index is 13.1. The molecule has 5 nitrogen and oxygen atoms in total. The van der Waals surface area contributed by atoms with Crippen molar-refractivity contribution in [2.24, 2.45) is 0 Å². The van der Waals surface area contributed by atoms with Gasteiger partial charge in [0.2, 0.25) is 0 Å². The summed E-state index contributed by atoms with van der Waals surface area (Å²) in [7, 11) is 0. The Morgan fingerprint density at radius 3 is 2.57 bits per heavy atom. The number of benzene rings is 2. The molecule has 0 aliphatic carbocycles. The Morgan fingerprint density at radius 1 is 1.17 bits per heavy atom. The van der Waals surface area contributed by atoms with E-state index in [1.165, 1.54) is 18.2 Å². The van der Waals surface area contributed by atoms with Gasteiger partial charge in [0.25, 0.3) is 5.69 Å². The Kier molecular flexibility index (Phi) is 4.25. The lowest BCUT2D eigenvalue weighted by Gasteiger charge is -2.38. The van der Waals surface area contributed by atoms with Crippen molar-refractivity contribution in [1.82, 2.24) is 0 Å². The van der Waals surface area contributed by atoms with E-state index in [0.717, 1.165) is 5.56 Å². The number of morpholine rings is 1. The molecule has 0 spiro atoms. The van der Waals surface area contributed by atoms with Crippen LogP contribution in [0.1, 0.15) is 18.6 Å². The molecule has 1 saturated heterocycles. The number of hydrogen-bond donors (Lipinski definition) is 0. The molecule has 3 rings (SSSR count). The van der Waals surface area contributed by atoms with Crippen LogP contribution < -0.4 is 4.90 Å². The fourth-order valence-electron chi connectivity index (χ4n) is 2.90. The summed E-state index contributed by atoms with van der Waals surface area (Å²) in [5, 5.41) is 11.2. The maximum Gasteiger partial charge on any atom is 0.292 e. The van der Waals surface area contributed by atoms with Gasteiger partial charge in [0.1, 0.15) is 17.6 Å². The van der Waals surface area contributed by atoms with E-state index in [1.807, 2.05) is 11.8 Å². The highest BCUT2D eigenvalue weighted by molar-refractivity contribution is 5.63. The monoisotopic (exact) mass is 316 g/mol. The number of ether oxygens (including phenoxy) is 1. The minimum Gasteiger partial charge on any atom is -0.367 e. The van der Waals surface area contributed by atoms with Crippen LogP contribution in [0, 0.1) is 15.9 Å². The first-order chi connectivity index (χ1) is 11.0. The lowest BCUT2D eigenvalue weighted by atomic mass is 10.1. The highest BCUT2D eigenvalue weighted by Gasteiger charge is 2.29. The van der Waals surface area contributed by atoms with E-state index >= 15 is 0 Å². The summed E-state index contributed by atoms with van der Waals surface area (Å²) in [6.45, 7) is 2.99. The molecule has 2 atom stereocenters. The molecule has 6 heteroatoms. The summed E-state index contributed by atoms with van der Waals surface area (Å²) in [6.07, 6.45) is -0.335. The van der Waals surface area contributed by atoms with Crippen LogP contribution in [0.15, 0.2) is 48.5 Å². The van der Waals surface area contributed by atoms with Crippen molar-refractivity contribution in [3.63, 3.8) is 0 Å². The summed E-state index contributed by atoms with van der Waals surface area (Å²) in [6, 6.07) is 12.9. The van der Waals surface area contributed by atoms with Crippen LogP contribution in [0.3, 0.4) is 0 Å². The van der Waals surface area contributed by atoms with E-state index in [0.29, 0.717) is 18.8 Å². The maximum atomic E-state index is 13.1. The van der Waals surface area contributed by atoms with Crippen molar-refractivity contribution in [1.29, 1.82) is 0 Å². The SMILES string of the molecule is CC1CN(c2ccccc2[N+](=O)[O-])CC(c2ccc(F)cc2)O1. The van der Waals surface area contributed by atoms with Gasteiger partial charge in [-0.2, -0.15) is 0 Å². The first-order valence-electron chi connectivity index (χ1n) is 7.44. The minimum atomic E-state index is -0.373. The van der Waals surface area contributed by atoms with Gasteiger partial charge in [-0.05, 0) is 30.7 Å². The molecule has 1 heterocycles. The predicted molar refractivity (Wildman–Crippen MR) is 85.0 cm³/mol. The van der Waals surface area contributed by atoms with Gasteiger partial charge in [-0.25, -0.2) is 4.39 Å². The summed E-state index contributed by atoms with van der Waals surface area (Å²) < 4.78 is 19.0. The molecule has 0 aromatic heterocycles. The third kappa shape index (κ3) is 3.32. The average molecular weight is 316 g/mol. The van der Waals surface area contributed by atoms with E-state index in [2.05, 4.69) is 0 Å². The van der Waals surface area contributed by atoms with Crippen molar-refractivity contribution in [3.05, 3.63) is 70.0 Å². The van der Waals surface area contributed by atoms with Gasteiger partial charge >= 0.3 is 0 Å². The lowest BCUT2D eigenvalue weighted by Crippen LogP contribution is -2.43. The Morgan fingerprint density at radius 2 is 1.87 bits per heavy atom. The summed E-state index contributed by atoms with van der Waals surface area (Å²) in [5.41, 5.74) is 1.53. The van der Waals surface area contributed by atoms with Crippen LogP contribution in [0.2, 0.25) is 0 Å². The fraction of sp³-hybridized carbons (Fsp3) is 0.294. The van der Waals surface area contributed by atoms with Crippen LogP contribution >= 0.6 is 0 Å². The summed E-state index contributed by atoms with van der Waals surface area (Å²) >= 11 is 0.